The number of para-hydroxylation sites is 1. The van der Waals surface area contributed by atoms with Gasteiger partial charge >= 0.3 is 5.97 Å². The van der Waals surface area contributed by atoms with Crippen molar-refractivity contribution in [1.82, 2.24) is 4.98 Å². The minimum atomic E-state index is -0.587. The number of esters is 1. The fourth-order valence-electron chi connectivity index (χ4n) is 2.58. The molecule has 3 N–H and O–H groups in total. The van der Waals surface area contributed by atoms with Crippen molar-refractivity contribution in [3.8, 4) is 0 Å². The van der Waals surface area contributed by atoms with Crippen molar-refractivity contribution in [3.63, 3.8) is 0 Å². The van der Waals surface area contributed by atoms with E-state index in [2.05, 4.69) is 17.1 Å². The maximum Gasteiger partial charge on any atom is 0.323 e. The molecule has 2 aromatic rings. The van der Waals surface area contributed by atoms with Crippen LogP contribution >= 0.6 is 0 Å². The molecule has 1 aromatic carbocycles. The highest BCUT2D eigenvalue weighted by Gasteiger charge is 2.53. The van der Waals surface area contributed by atoms with Crippen LogP contribution in [0.2, 0.25) is 0 Å². The van der Waals surface area contributed by atoms with Gasteiger partial charge in [-0.1, -0.05) is 18.2 Å². The average molecular weight is 244 g/mol. The number of fused-ring (bicyclic) bond motifs is 1. The van der Waals surface area contributed by atoms with Gasteiger partial charge in [-0.15, -0.1) is 0 Å². The fraction of sp³-hybridized carbons (Fsp3) is 0.357. The molecule has 18 heavy (non-hydrogen) atoms. The van der Waals surface area contributed by atoms with Crippen molar-refractivity contribution < 1.29 is 9.53 Å². The van der Waals surface area contributed by atoms with E-state index in [1.807, 2.05) is 18.2 Å². The Hall–Kier alpha value is -1.81. The molecule has 1 fully saturated rings. The Bertz CT molecular complexity index is 566. The van der Waals surface area contributed by atoms with E-state index in [9.17, 15) is 4.79 Å². The number of carbonyl (C=O) groups excluding carboxylic acids is 1. The number of nitrogens with two attached hydrogens (primary N) is 1. The first kappa shape index (κ1) is 11.3. The third-order valence-electron chi connectivity index (χ3n) is 3.91. The molecule has 1 atom stereocenters. The maximum absolute atomic E-state index is 11.6. The van der Waals surface area contributed by atoms with E-state index in [0.717, 1.165) is 29.4 Å². The molecule has 0 saturated heterocycles. The van der Waals surface area contributed by atoms with Crippen LogP contribution in [0.5, 0.6) is 0 Å². The van der Waals surface area contributed by atoms with Crippen LogP contribution in [-0.4, -0.2) is 24.1 Å². The van der Waals surface area contributed by atoms with Gasteiger partial charge in [-0.3, -0.25) is 4.79 Å². The number of ether oxygens (including phenoxy) is 1. The monoisotopic (exact) mass is 244 g/mol. The van der Waals surface area contributed by atoms with Gasteiger partial charge in [0.25, 0.3) is 0 Å². The van der Waals surface area contributed by atoms with E-state index < -0.39 is 6.04 Å². The molecule has 0 spiro atoms. The predicted molar refractivity (Wildman–Crippen MR) is 69.2 cm³/mol. The molecule has 94 valence electrons. The number of aromatic nitrogens is 1. The quantitative estimate of drug-likeness (QED) is 0.807. The number of hydrogen-bond donors (Lipinski definition) is 2. The van der Waals surface area contributed by atoms with E-state index >= 15 is 0 Å². The summed E-state index contributed by atoms with van der Waals surface area (Å²) in [6, 6.07) is 9.57. The maximum atomic E-state index is 11.6. The predicted octanol–water partition coefficient (Wildman–Crippen LogP) is 1.70. The first-order valence-corrected chi connectivity index (χ1v) is 6.09. The molecule has 1 aromatic heterocycles. The summed E-state index contributed by atoms with van der Waals surface area (Å²) < 4.78 is 4.76. The lowest BCUT2D eigenvalue weighted by molar-refractivity contribution is -0.143. The molecule has 1 unspecified atom stereocenters. The van der Waals surface area contributed by atoms with Crippen LogP contribution in [0.25, 0.3) is 10.9 Å². The number of benzene rings is 1. The second-order valence-corrected chi connectivity index (χ2v) is 4.93. The summed E-state index contributed by atoms with van der Waals surface area (Å²) in [5.41, 5.74) is 7.89. The molecule has 4 heteroatoms. The summed E-state index contributed by atoms with van der Waals surface area (Å²) in [5, 5.41) is 1.15. The van der Waals surface area contributed by atoms with Gasteiger partial charge in [-0.05, 0) is 30.4 Å². The third-order valence-corrected chi connectivity index (χ3v) is 3.91. The first-order valence-electron chi connectivity index (χ1n) is 6.09. The Balaban J connectivity index is 2.01. The number of H-pyrrole nitrogens is 1. The molecule has 0 bridgehead atoms. The second-order valence-electron chi connectivity index (χ2n) is 4.93. The smallest absolute Gasteiger partial charge is 0.323 e. The standard InChI is InChI=1S/C14H16N2O2/c1-18-13(17)12(15)14(6-7-14)11-8-9-4-2-3-5-10(9)16-11/h2-5,8,12,16H,6-7,15H2,1H3. The van der Waals surface area contributed by atoms with Crippen LogP contribution in [0, 0.1) is 0 Å². The minimum Gasteiger partial charge on any atom is -0.468 e. The SMILES string of the molecule is COC(=O)C(N)C1(c2cc3ccccc3[nH]2)CC1. The lowest BCUT2D eigenvalue weighted by Gasteiger charge is -2.19. The number of carbonyl (C=O) groups is 1. The Morgan fingerprint density at radius 1 is 1.44 bits per heavy atom. The number of aromatic amines is 1. The zero-order valence-electron chi connectivity index (χ0n) is 10.3. The van der Waals surface area contributed by atoms with Crippen LogP contribution in [0.4, 0.5) is 0 Å². The molecular formula is C14H16N2O2. The lowest BCUT2D eigenvalue weighted by Crippen LogP contribution is -2.43. The van der Waals surface area contributed by atoms with Gasteiger partial charge < -0.3 is 15.5 Å². The highest BCUT2D eigenvalue weighted by molar-refractivity contribution is 5.83. The topological polar surface area (TPSA) is 68.1 Å². The lowest BCUT2D eigenvalue weighted by atomic mass is 9.93. The first-order chi connectivity index (χ1) is 8.67. The molecule has 1 saturated carbocycles. The molecule has 1 heterocycles. The summed E-state index contributed by atoms with van der Waals surface area (Å²) in [4.78, 5) is 15.0. The van der Waals surface area contributed by atoms with Crippen molar-refractivity contribution in [2.45, 2.75) is 24.3 Å². The zero-order valence-corrected chi connectivity index (χ0v) is 10.3. The Morgan fingerprint density at radius 3 is 2.78 bits per heavy atom. The van der Waals surface area contributed by atoms with E-state index in [1.165, 1.54) is 7.11 Å². The Morgan fingerprint density at radius 2 is 2.17 bits per heavy atom. The number of hydrogen-bond acceptors (Lipinski definition) is 3. The number of rotatable bonds is 3. The zero-order chi connectivity index (χ0) is 12.8. The van der Waals surface area contributed by atoms with Crippen LogP contribution in [0.3, 0.4) is 0 Å². The molecule has 4 nitrogen and oxygen atoms in total. The van der Waals surface area contributed by atoms with Crippen molar-refractivity contribution in [2.24, 2.45) is 5.73 Å². The molecule has 0 amide bonds. The van der Waals surface area contributed by atoms with E-state index in [1.54, 1.807) is 0 Å². The Labute approximate surface area is 105 Å². The van der Waals surface area contributed by atoms with Gasteiger partial charge in [0.15, 0.2) is 0 Å². The van der Waals surface area contributed by atoms with Crippen molar-refractivity contribution in [2.75, 3.05) is 7.11 Å². The van der Waals surface area contributed by atoms with E-state index in [4.69, 9.17) is 10.5 Å². The molecule has 3 rings (SSSR count). The van der Waals surface area contributed by atoms with Crippen LogP contribution < -0.4 is 5.73 Å². The molecule has 0 aliphatic heterocycles. The van der Waals surface area contributed by atoms with Gasteiger partial charge in [0.1, 0.15) is 6.04 Å². The normalized spacial score (nSPS) is 18.6. The van der Waals surface area contributed by atoms with Gasteiger partial charge in [0, 0.05) is 16.6 Å². The number of nitrogens with one attached hydrogen (secondary N) is 1. The molecular weight excluding hydrogens is 228 g/mol. The summed E-state index contributed by atoms with van der Waals surface area (Å²) in [5.74, 6) is -0.342. The van der Waals surface area contributed by atoms with Gasteiger partial charge in [-0.2, -0.15) is 0 Å². The van der Waals surface area contributed by atoms with Crippen LogP contribution in [0.1, 0.15) is 18.5 Å². The number of methoxy groups -OCH3 is 1. The van der Waals surface area contributed by atoms with Crippen LogP contribution in [-0.2, 0) is 14.9 Å². The summed E-state index contributed by atoms with van der Waals surface area (Å²) >= 11 is 0. The largest absolute Gasteiger partial charge is 0.468 e. The summed E-state index contributed by atoms with van der Waals surface area (Å²) in [6.07, 6.45) is 1.85. The van der Waals surface area contributed by atoms with Crippen molar-refractivity contribution in [1.29, 1.82) is 0 Å². The highest BCUT2D eigenvalue weighted by Crippen LogP contribution is 2.50. The van der Waals surface area contributed by atoms with E-state index in [0.29, 0.717) is 0 Å². The second kappa shape index (κ2) is 3.85. The molecule has 0 radical (unpaired) electrons. The molecule has 1 aliphatic rings. The van der Waals surface area contributed by atoms with E-state index in [-0.39, 0.29) is 11.4 Å². The summed E-state index contributed by atoms with van der Waals surface area (Å²) in [7, 11) is 1.38. The third kappa shape index (κ3) is 1.53. The van der Waals surface area contributed by atoms with Crippen molar-refractivity contribution >= 4 is 16.9 Å². The fourth-order valence-corrected chi connectivity index (χ4v) is 2.58. The minimum absolute atomic E-state index is 0.258. The molecule has 1 aliphatic carbocycles. The van der Waals surface area contributed by atoms with Gasteiger partial charge in [-0.25, -0.2) is 0 Å². The average Bonchev–Trinajstić information content (AvgIpc) is 3.10. The van der Waals surface area contributed by atoms with Crippen LogP contribution in [0.15, 0.2) is 30.3 Å². The van der Waals surface area contributed by atoms with Gasteiger partial charge in [0.05, 0.1) is 7.11 Å². The van der Waals surface area contributed by atoms with Gasteiger partial charge in [0.2, 0.25) is 0 Å². The highest BCUT2D eigenvalue weighted by atomic mass is 16.5. The van der Waals surface area contributed by atoms with Crippen molar-refractivity contribution in [3.05, 3.63) is 36.0 Å². The summed E-state index contributed by atoms with van der Waals surface area (Å²) in [6.45, 7) is 0. The Kier molecular flexibility index (Phi) is 2.41.